The van der Waals surface area contributed by atoms with E-state index in [1.54, 1.807) is 0 Å². The molecule has 3 amide bonds. The number of aldehydes is 1. The van der Waals surface area contributed by atoms with Crippen molar-refractivity contribution in [2.45, 2.75) is 43.8 Å². The Labute approximate surface area is 195 Å². The van der Waals surface area contributed by atoms with Crippen LogP contribution in [-0.2, 0) is 19.2 Å². The third kappa shape index (κ3) is 6.51. The maximum absolute atomic E-state index is 14.0. The van der Waals surface area contributed by atoms with Gasteiger partial charge >= 0.3 is 5.97 Å². The van der Waals surface area contributed by atoms with Crippen LogP contribution >= 0.6 is 23.2 Å². The highest BCUT2D eigenvalue weighted by Gasteiger charge is 2.51. The number of phenolic OH excluding ortho intramolecular Hbond substituents is 1. The number of nitrogens with zero attached hydrogens (tertiary/aromatic N) is 1. The summed E-state index contributed by atoms with van der Waals surface area (Å²) in [7, 11) is 0. The number of carbonyl (C=O) groups excluding carboxylic acids is 4. The number of rotatable bonds is 8. The molecule has 3 atom stereocenters. The fraction of sp³-hybridized carbons (Fsp3) is 0.421. The lowest BCUT2D eigenvalue weighted by molar-refractivity contribution is -0.142. The Morgan fingerprint density at radius 3 is 2.33 bits per heavy atom. The van der Waals surface area contributed by atoms with Crippen molar-refractivity contribution < 1.29 is 43.0 Å². The molecule has 180 valence electrons. The number of aliphatic carboxylic acids is 1. The second-order valence-electron chi connectivity index (χ2n) is 7.37. The molecule has 1 unspecified atom stereocenters. The molecule has 0 saturated carbocycles. The van der Waals surface area contributed by atoms with Crippen molar-refractivity contribution in [2.75, 3.05) is 6.54 Å². The van der Waals surface area contributed by atoms with Crippen LogP contribution in [0.2, 0.25) is 10.0 Å². The largest absolute Gasteiger partial charge is 0.505 e. The number of likely N-dealkylation sites (tertiary alicyclic amines) is 1. The molecule has 0 aliphatic carbocycles. The molecule has 0 radical (unpaired) electrons. The van der Waals surface area contributed by atoms with Crippen LogP contribution < -0.4 is 10.6 Å². The van der Waals surface area contributed by atoms with Gasteiger partial charge in [-0.15, -0.1) is 0 Å². The molecular formula is C19H19Cl2F2N3O7. The molecule has 33 heavy (non-hydrogen) atoms. The minimum absolute atomic E-state index is 0.119. The highest BCUT2D eigenvalue weighted by atomic mass is 35.5. The predicted octanol–water partition coefficient (Wildman–Crippen LogP) is 1.21. The van der Waals surface area contributed by atoms with Crippen molar-refractivity contribution in [3.63, 3.8) is 0 Å². The van der Waals surface area contributed by atoms with Crippen LogP contribution in [0.5, 0.6) is 5.75 Å². The Hall–Kier alpha value is -2.99. The summed E-state index contributed by atoms with van der Waals surface area (Å²) < 4.78 is 28.1. The van der Waals surface area contributed by atoms with Gasteiger partial charge in [-0.2, -0.15) is 0 Å². The summed E-state index contributed by atoms with van der Waals surface area (Å²) >= 11 is 11.5. The molecule has 10 nitrogen and oxygen atoms in total. The fourth-order valence-electron chi connectivity index (χ4n) is 3.17. The topological polar surface area (TPSA) is 153 Å². The monoisotopic (exact) mass is 509 g/mol. The first-order valence-electron chi connectivity index (χ1n) is 9.40. The van der Waals surface area contributed by atoms with Gasteiger partial charge in [-0.1, -0.05) is 23.2 Å². The van der Waals surface area contributed by atoms with E-state index in [2.05, 4.69) is 5.32 Å². The summed E-state index contributed by atoms with van der Waals surface area (Å²) in [6.45, 7) is 0.0830. The van der Waals surface area contributed by atoms with Gasteiger partial charge in [0.05, 0.1) is 29.1 Å². The SMILES string of the molecule is C[C@H](NC(=O)c1cc(Cl)c(O)c(Cl)c1)C(=O)N1CC(F)(F)CC1C(=O)N[C@H](C=O)CC(=O)O. The summed E-state index contributed by atoms with van der Waals surface area (Å²) in [5, 5.41) is 22.2. The average Bonchev–Trinajstić information content (AvgIpc) is 3.05. The Kier molecular flexibility index (Phi) is 8.20. The summed E-state index contributed by atoms with van der Waals surface area (Å²) in [6.07, 6.45) is -1.67. The van der Waals surface area contributed by atoms with Crippen molar-refractivity contribution in [3.8, 4) is 5.75 Å². The van der Waals surface area contributed by atoms with Crippen molar-refractivity contribution in [1.82, 2.24) is 15.5 Å². The summed E-state index contributed by atoms with van der Waals surface area (Å²) in [5.41, 5.74) is -0.119. The number of nitrogens with one attached hydrogen (secondary N) is 2. The van der Waals surface area contributed by atoms with Gasteiger partial charge in [0.2, 0.25) is 11.8 Å². The van der Waals surface area contributed by atoms with Gasteiger partial charge in [-0.05, 0) is 19.1 Å². The van der Waals surface area contributed by atoms with E-state index in [0.29, 0.717) is 4.90 Å². The molecule has 0 spiro atoms. The number of hydrogen-bond donors (Lipinski definition) is 4. The van der Waals surface area contributed by atoms with Gasteiger partial charge in [-0.3, -0.25) is 19.2 Å². The van der Waals surface area contributed by atoms with E-state index in [0.717, 1.165) is 12.1 Å². The standard InChI is InChI=1S/C19H19Cl2F2N3O7/c1-8(24-16(31)9-2-11(20)15(30)12(21)3-9)18(33)26-7-19(22,23)5-13(26)17(32)25-10(6-27)4-14(28)29/h2-3,6,8,10,13,30H,4-5,7H2,1H3,(H,24,31)(H,25,32)(H,28,29)/t8-,10-,13?/m0/s1. The van der Waals surface area contributed by atoms with E-state index in [1.807, 2.05) is 5.32 Å². The first-order chi connectivity index (χ1) is 15.3. The number of aromatic hydroxyl groups is 1. The maximum Gasteiger partial charge on any atom is 0.305 e. The maximum atomic E-state index is 14.0. The predicted molar refractivity (Wildman–Crippen MR) is 110 cm³/mol. The van der Waals surface area contributed by atoms with Crippen LogP contribution in [0.1, 0.15) is 30.1 Å². The first-order valence-corrected chi connectivity index (χ1v) is 10.2. The fourth-order valence-corrected chi connectivity index (χ4v) is 3.66. The summed E-state index contributed by atoms with van der Waals surface area (Å²) in [6, 6.07) is -2.37. The molecule has 1 aliphatic rings. The first kappa shape index (κ1) is 26.3. The van der Waals surface area contributed by atoms with Crippen LogP contribution in [0.15, 0.2) is 12.1 Å². The van der Waals surface area contributed by atoms with Gasteiger partial charge in [0.15, 0.2) is 5.75 Å². The number of benzene rings is 1. The highest BCUT2D eigenvalue weighted by Crippen LogP contribution is 2.34. The lowest BCUT2D eigenvalue weighted by Crippen LogP contribution is -2.54. The van der Waals surface area contributed by atoms with Crippen molar-refractivity contribution in [2.24, 2.45) is 0 Å². The molecule has 14 heteroatoms. The van der Waals surface area contributed by atoms with Crippen LogP contribution in [-0.4, -0.2) is 75.7 Å². The number of carbonyl (C=O) groups is 5. The lowest BCUT2D eigenvalue weighted by Gasteiger charge is -2.27. The van der Waals surface area contributed by atoms with E-state index in [4.69, 9.17) is 28.3 Å². The summed E-state index contributed by atoms with van der Waals surface area (Å²) in [4.78, 5) is 59.9. The van der Waals surface area contributed by atoms with E-state index >= 15 is 0 Å². The lowest BCUT2D eigenvalue weighted by atomic mass is 10.1. The molecule has 1 aliphatic heterocycles. The molecule has 1 aromatic rings. The Balaban J connectivity index is 2.15. The highest BCUT2D eigenvalue weighted by molar-refractivity contribution is 6.37. The molecule has 0 aromatic heterocycles. The normalized spacial score (nSPS) is 18.8. The van der Waals surface area contributed by atoms with Crippen LogP contribution in [0.4, 0.5) is 8.78 Å². The van der Waals surface area contributed by atoms with E-state index in [1.165, 1.54) is 6.92 Å². The molecule has 1 aromatic carbocycles. The van der Waals surface area contributed by atoms with Crippen LogP contribution in [0, 0.1) is 0 Å². The average molecular weight is 510 g/mol. The Morgan fingerprint density at radius 2 is 1.82 bits per heavy atom. The minimum Gasteiger partial charge on any atom is -0.505 e. The van der Waals surface area contributed by atoms with E-state index in [9.17, 15) is 37.9 Å². The zero-order chi connectivity index (χ0) is 25.1. The van der Waals surface area contributed by atoms with Gasteiger partial charge in [-0.25, -0.2) is 8.78 Å². The Morgan fingerprint density at radius 1 is 1.24 bits per heavy atom. The second-order valence-corrected chi connectivity index (χ2v) is 8.19. The number of phenols is 1. The number of halogens is 4. The van der Waals surface area contributed by atoms with Crippen molar-refractivity contribution in [3.05, 3.63) is 27.7 Å². The number of hydrogen-bond acceptors (Lipinski definition) is 6. The van der Waals surface area contributed by atoms with Crippen LogP contribution in [0.3, 0.4) is 0 Å². The number of carboxylic acids is 1. The third-order valence-corrected chi connectivity index (χ3v) is 5.32. The summed E-state index contributed by atoms with van der Waals surface area (Å²) in [5.74, 6) is -8.28. The minimum atomic E-state index is -3.43. The molecular weight excluding hydrogens is 491 g/mol. The molecule has 0 bridgehead atoms. The molecule has 1 heterocycles. The molecule has 4 N–H and O–H groups in total. The van der Waals surface area contributed by atoms with E-state index in [-0.39, 0.29) is 21.9 Å². The zero-order valence-corrected chi connectivity index (χ0v) is 18.5. The number of amides is 3. The zero-order valence-electron chi connectivity index (χ0n) is 17.0. The van der Waals surface area contributed by atoms with Gasteiger partial charge < -0.3 is 30.5 Å². The van der Waals surface area contributed by atoms with Crippen molar-refractivity contribution in [1.29, 1.82) is 0 Å². The van der Waals surface area contributed by atoms with E-state index < -0.39 is 72.9 Å². The second kappa shape index (κ2) is 10.3. The molecule has 1 fully saturated rings. The molecule has 2 rings (SSSR count). The quantitative estimate of drug-likeness (QED) is 0.384. The third-order valence-electron chi connectivity index (χ3n) is 4.74. The Bertz CT molecular complexity index is 969. The van der Waals surface area contributed by atoms with Crippen molar-refractivity contribution >= 4 is 53.2 Å². The van der Waals surface area contributed by atoms with Gasteiger partial charge in [0.25, 0.3) is 11.8 Å². The smallest absolute Gasteiger partial charge is 0.305 e. The molecule has 1 saturated heterocycles. The van der Waals surface area contributed by atoms with Gasteiger partial charge in [0, 0.05) is 12.0 Å². The van der Waals surface area contributed by atoms with Crippen LogP contribution in [0.25, 0.3) is 0 Å². The van der Waals surface area contributed by atoms with Gasteiger partial charge in [0.1, 0.15) is 18.4 Å². The number of alkyl halides is 2. The number of carboxylic acid groups (broad SMARTS) is 1.